The molecule has 0 heterocycles. The minimum Gasteiger partial charge on any atom is -0.298 e. The highest BCUT2D eigenvalue weighted by atomic mass is 16.1. The molecule has 14 heavy (non-hydrogen) atoms. The van der Waals surface area contributed by atoms with Crippen molar-refractivity contribution in [3.8, 4) is 0 Å². The number of carbonyl (C=O) groups excluding carboxylic acids is 1. The Balaban J connectivity index is 2.62. The quantitative estimate of drug-likeness (QED) is 0.380. The van der Waals surface area contributed by atoms with E-state index in [2.05, 4.69) is 32.9 Å². The van der Waals surface area contributed by atoms with Crippen LogP contribution in [0.3, 0.4) is 0 Å². The summed E-state index contributed by atoms with van der Waals surface area (Å²) in [7, 11) is 0. The first-order valence-electron chi connectivity index (χ1n) is 5.27. The summed E-state index contributed by atoms with van der Waals surface area (Å²) < 4.78 is 0. The van der Waals surface area contributed by atoms with E-state index in [-0.39, 0.29) is 0 Å². The van der Waals surface area contributed by atoms with Crippen molar-refractivity contribution in [2.45, 2.75) is 40.5 Å². The van der Waals surface area contributed by atoms with Crippen LogP contribution in [0.25, 0.3) is 0 Å². The average molecular weight is 192 g/mol. The molecule has 1 heteroatoms. The van der Waals surface area contributed by atoms with Crippen molar-refractivity contribution in [2.24, 2.45) is 11.3 Å². The molecule has 1 nitrogen and oxygen atoms in total. The SMILES string of the molecule is CC1=CC[C@H](C/C=C(\C)C=O)C1(C)C. The number of hydrogen-bond acceptors (Lipinski definition) is 1. The molecule has 0 N–H and O–H groups in total. The number of aldehydes is 1. The van der Waals surface area contributed by atoms with E-state index < -0.39 is 0 Å². The fourth-order valence-electron chi connectivity index (χ4n) is 1.97. The standard InChI is InChI=1S/C13H20O/c1-10(9-14)5-7-12-8-6-11(2)13(12,3)4/h5-6,9,12H,7-8H2,1-4H3/b10-5+/t12-/m0/s1. The Labute approximate surface area is 86.9 Å². The highest BCUT2D eigenvalue weighted by molar-refractivity contribution is 5.71. The van der Waals surface area contributed by atoms with Crippen LogP contribution in [0.15, 0.2) is 23.3 Å². The molecule has 0 spiro atoms. The maximum atomic E-state index is 10.5. The van der Waals surface area contributed by atoms with Gasteiger partial charge < -0.3 is 0 Å². The summed E-state index contributed by atoms with van der Waals surface area (Å²) in [6.45, 7) is 8.66. The topological polar surface area (TPSA) is 17.1 Å². The maximum absolute atomic E-state index is 10.5. The van der Waals surface area contributed by atoms with Crippen LogP contribution in [0.4, 0.5) is 0 Å². The van der Waals surface area contributed by atoms with Crippen LogP contribution in [-0.2, 0) is 4.79 Å². The van der Waals surface area contributed by atoms with Gasteiger partial charge in [0, 0.05) is 0 Å². The van der Waals surface area contributed by atoms with Gasteiger partial charge in [0.15, 0.2) is 0 Å². The number of carbonyl (C=O) groups is 1. The summed E-state index contributed by atoms with van der Waals surface area (Å²) in [5.74, 6) is 0.664. The van der Waals surface area contributed by atoms with Gasteiger partial charge in [-0.15, -0.1) is 0 Å². The van der Waals surface area contributed by atoms with Gasteiger partial charge in [0.05, 0.1) is 0 Å². The first-order valence-corrected chi connectivity index (χ1v) is 5.27. The highest BCUT2D eigenvalue weighted by Crippen LogP contribution is 2.44. The molecule has 0 aliphatic heterocycles. The zero-order valence-corrected chi connectivity index (χ0v) is 9.63. The maximum Gasteiger partial charge on any atom is 0.145 e. The summed E-state index contributed by atoms with van der Waals surface area (Å²) in [5.41, 5.74) is 2.64. The van der Waals surface area contributed by atoms with Crippen LogP contribution in [0.5, 0.6) is 0 Å². The zero-order chi connectivity index (χ0) is 10.8. The molecule has 0 fully saturated rings. The third-order valence-corrected chi connectivity index (χ3v) is 3.66. The molecular weight excluding hydrogens is 172 g/mol. The van der Waals surface area contributed by atoms with Crippen LogP contribution in [0.2, 0.25) is 0 Å². The Bertz CT molecular complexity index is 282. The molecular formula is C13H20O. The van der Waals surface area contributed by atoms with Crippen LogP contribution in [0.1, 0.15) is 40.5 Å². The number of rotatable bonds is 3. The van der Waals surface area contributed by atoms with E-state index in [9.17, 15) is 4.79 Å². The Hall–Kier alpha value is -0.850. The normalized spacial score (nSPS) is 26.1. The van der Waals surface area contributed by atoms with Gasteiger partial charge in [-0.2, -0.15) is 0 Å². The van der Waals surface area contributed by atoms with Gasteiger partial charge in [0.1, 0.15) is 6.29 Å². The highest BCUT2D eigenvalue weighted by Gasteiger charge is 2.33. The minimum atomic E-state index is 0.305. The van der Waals surface area contributed by atoms with Gasteiger partial charge in [-0.3, -0.25) is 4.79 Å². The smallest absolute Gasteiger partial charge is 0.145 e. The zero-order valence-electron chi connectivity index (χ0n) is 9.63. The molecule has 0 bridgehead atoms. The Morgan fingerprint density at radius 2 is 2.29 bits per heavy atom. The van der Waals surface area contributed by atoms with Gasteiger partial charge in [-0.05, 0) is 43.6 Å². The first kappa shape index (κ1) is 11.2. The molecule has 0 aromatic carbocycles. The number of hydrogen-bond donors (Lipinski definition) is 0. The van der Waals surface area contributed by atoms with Gasteiger partial charge >= 0.3 is 0 Å². The van der Waals surface area contributed by atoms with E-state index in [1.165, 1.54) is 5.57 Å². The molecule has 0 aromatic rings. The van der Waals surface area contributed by atoms with Crippen LogP contribution in [-0.4, -0.2) is 6.29 Å². The molecule has 78 valence electrons. The lowest BCUT2D eigenvalue weighted by molar-refractivity contribution is -0.104. The molecule has 0 saturated heterocycles. The Morgan fingerprint density at radius 3 is 2.71 bits per heavy atom. The third kappa shape index (κ3) is 2.14. The summed E-state index contributed by atoms with van der Waals surface area (Å²) in [5, 5.41) is 0. The summed E-state index contributed by atoms with van der Waals surface area (Å²) in [6.07, 6.45) is 7.50. The lowest BCUT2D eigenvalue weighted by Crippen LogP contribution is -2.19. The molecule has 0 saturated carbocycles. The summed E-state index contributed by atoms with van der Waals surface area (Å²) in [6, 6.07) is 0. The summed E-state index contributed by atoms with van der Waals surface area (Å²) >= 11 is 0. The molecule has 0 aromatic heterocycles. The fourth-order valence-corrected chi connectivity index (χ4v) is 1.97. The lowest BCUT2D eigenvalue weighted by Gasteiger charge is -2.28. The van der Waals surface area contributed by atoms with Gasteiger partial charge in [-0.1, -0.05) is 31.6 Å². The molecule has 0 unspecified atom stereocenters. The van der Waals surface area contributed by atoms with Crippen molar-refractivity contribution in [1.82, 2.24) is 0 Å². The fraction of sp³-hybridized carbons (Fsp3) is 0.615. The van der Waals surface area contributed by atoms with Crippen LogP contribution >= 0.6 is 0 Å². The van der Waals surface area contributed by atoms with Crippen molar-refractivity contribution in [3.63, 3.8) is 0 Å². The van der Waals surface area contributed by atoms with Crippen molar-refractivity contribution in [2.75, 3.05) is 0 Å². The van der Waals surface area contributed by atoms with E-state index in [0.717, 1.165) is 24.7 Å². The molecule has 1 aliphatic carbocycles. The van der Waals surface area contributed by atoms with Gasteiger partial charge in [0.2, 0.25) is 0 Å². The Kier molecular flexibility index (Phi) is 3.30. The molecule has 1 aliphatic rings. The van der Waals surface area contributed by atoms with Crippen LogP contribution in [0, 0.1) is 11.3 Å². The van der Waals surface area contributed by atoms with E-state index in [4.69, 9.17) is 0 Å². The van der Waals surface area contributed by atoms with E-state index in [0.29, 0.717) is 11.3 Å². The monoisotopic (exact) mass is 192 g/mol. The van der Waals surface area contributed by atoms with E-state index in [1.54, 1.807) is 0 Å². The van der Waals surface area contributed by atoms with E-state index in [1.807, 2.05) is 6.92 Å². The molecule has 0 radical (unpaired) electrons. The lowest BCUT2D eigenvalue weighted by atomic mass is 9.76. The largest absolute Gasteiger partial charge is 0.298 e. The predicted molar refractivity (Wildman–Crippen MR) is 60.1 cm³/mol. The van der Waals surface area contributed by atoms with E-state index >= 15 is 0 Å². The van der Waals surface area contributed by atoms with Crippen molar-refractivity contribution >= 4 is 6.29 Å². The second kappa shape index (κ2) is 4.12. The predicted octanol–water partition coefficient (Wildman–Crippen LogP) is 3.51. The van der Waals surface area contributed by atoms with Crippen molar-refractivity contribution in [3.05, 3.63) is 23.3 Å². The molecule has 0 amide bonds. The van der Waals surface area contributed by atoms with Gasteiger partial charge in [-0.25, -0.2) is 0 Å². The average Bonchev–Trinajstić information content (AvgIpc) is 2.39. The summed E-state index contributed by atoms with van der Waals surface area (Å²) in [4.78, 5) is 10.5. The second-order valence-corrected chi connectivity index (χ2v) is 4.84. The van der Waals surface area contributed by atoms with Crippen LogP contribution < -0.4 is 0 Å². The van der Waals surface area contributed by atoms with Gasteiger partial charge in [0.25, 0.3) is 0 Å². The van der Waals surface area contributed by atoms with Crippen molar-refractivity contribution < 1.29 is 4.79 Å². The molecule has 1 rings (SSSR count). The first-order chi connectivity index (χ1) is 6.48. The third-order valence-electron chi connectivity index (χ3n) is 3.66. The Morgan fingerprint density at radius 1 is 1.64 bits per heavy atom. The minimum absolute atomic E-state index is 0.305. The van der Waals surface area contributed by atoms with Crippen molar-refractivity contribution in [1.29, 1.82) is 0 Å². The molecule has 1 atom stereocenters. The second-order valence-electron chi connectivity index (χ2n) is 4.84. The number of allylic oxidation sites excluding steroid dienone is 4.